The molecule has 6 heteroatoms. The van der Waals surface area contributed by atoms with Crippen LogP contribution in [0.25, 0.3) is 0 Å². The minimum Gasteiger partial charge on any atom is -0.347 e. The predicted molar refractivity (Wildman–Crippen MR) is 78.3 cm³/mol. The first kappa shape index (κ1) is 15.0. The quantitative estimate of drug-likeness (QED) is 0.875. The fourth-order valence-corrected chi connectivity index (χ4v) is 2.35. The van der Waals surface area contributed by atoms with Crippen LogP contribution >= 0.6 is 0 Å². The molecular formula is C14H25N5O. The lowest BCUT2D eigenvalue weighted by atomic mass is 10.1. The van der Waals surface area contributed by atoms with Crippen LogP contribution in [0.4, 0.5) is 0 Å². The lowest BCUT2D eigenvalue weighted by Crippen LogP contribution is -2.51. The average Bonchev–Trinajstić information content (AvgIpc) is 2.92. The summed E-state index contributed by atoms with van der Waals surface area (Å²) in [4.78, 5) is 26.1. The van der Waals surface area contributed by atoms with Gasteiger partial charge in [-0.3, -0.25) is 14.6 Å². The van der Waals surface area contributed by atoms with E-state index in [0.29, 0.717) is 19.1 Å². The van der Waals surface area contributed by atoms with Crippen LogP contribution in [0.1, 0.15) is 25.7 Å². The maximum absolute atomic E-state index is 12.4. The molecule has 112 valence electrons. The summed E-state index contributed by atoms with van der Waals surface area (Å²) >= 11 is 0. The van der Waals surface area contributed by atoms with E-state index in [-0.39, 0.29) is 11.9 Å². The smallest absolute Gasteiger partial charge is 0.236 e. The molecule has 0 saturated carbocycles. The summed E-state index contributed by atoms with van der Waals surface area (Å²) in [5, 5.41) is 0. The van der Waals surface area contributed by atoms with Gasteiger partial charge in [-0.15, -0.1) is 0 Å². The van der Waals surface area contributed by atoms with Crippen molar-refractivity contribution in [1.82, 2.24) is 24.7 Å². The molecule has 0 spiro atoms. The minimum atomic E-state index is 0.159. The Kier molecular flexibility index (Phi) is 4.77. The summed E-state index contributed by atoms with van der Waals surface area (Å²) in [6, 6.07) is 0.541. The highest BCUT2D eigenvalue weighted by Crippen LogP contribution is 2.21. The van der Waals surface area contributed by atoms with E-state index in [1.54, 1.807) is 6.20 Å². The van der Waals surface area contributed by atoms with Crippen LogP contribution in [-0.4, -0.2) is 76.9 Å². The number of carbonyl (C=O) groups is 1. The number of aromatic nitrogens is 2. The van der Waals surface area contributed by atoms with Gasteiger partial charge < -0.3 is 9.88 Å². The van der Waals surface area contributed by atoms with Crippen molar-refractivity contribution in [2.75, 3.05) is 40.3 Å². The SMILES string of the molecule is CC(C)N(C)CC(=O)N1CCN(C)[C@@H](c2ncc[nH]2)C1. The first-order chi connectivity index (χ1) is 9.49. The molecule has 1 atom stereocenters. The third-order valence-corrected chi connectivity index (χ3v) is 4.10. The molecule has 1 saturated heterocycles. The van der Waals surface area contributed by atoms with Crippen LogP contribution in [0, 0.1) is 0 Å². The predicted octanol–water partition coefficient (Wildman–Crippen LogP) is 0.565. The van der Waals surface area contributed by atoms with E-state index in [9.17, 15) is 4.79 Å². The van der Waals surface area contributed by atoms with Crippen molar-refractivity contribution in [2.24, 2.45) is 0 Å². The molecule has 0 unspecified atom stereocenters. The molecule has 0 radical (unpaired) electrons. The molecule has 20 heavy (non-hydrogen) atoms. The van der Waals surface area contributed by atoms with E-state index >= 15 is 0 Å². The first-order valence-electron chi connectivity index (χ1n) is 7.16. The third kappa shape index (κ3) is 3.37. The van der Waals surface area contributed by atoms with Crippen molar-refractivity contribution < 1.29 is 4.79 Å². The average molecular weight is 279 g/mol. The number of nitrogens with one attached hydrogen (secondary N) is 1. The van der Waals surface area contributed by atoms with Gasteiger partial charge in [0.2, 0.25) is 5.91 Å². The molecule has 2 rings (SSSR count). The Morgan fingerprint density at radius 2 is 2.30 bits per heavy atom. The number of hydrogen-bond donors (Lipinski definition) is 1. The van der Waals surface area contributed by atoms with Gasteiger partial charge >= 0.3 is 0 Å². The molecule has 0 aliphatic carbocycles. The Morgan fingerprint density at radius 1 is 1.55 bits per heavy atom. The highest BCUT2D eigenvalue weighted by molar-refractivity contribution is 5.78. The van der Waals surface area contributed by atoms with Crippen LogP contribution in [0.3, 0.4) is 0 Å². The summed E-state index contributed by atoms with van der Waals surface area (Å²) in [6.07, 6.45) is 3.59. The normalized spacial score (nSPS) is 20.9. The summed E-state index contributed by atoms with van der Waals surface area (Å²) in [7, 11) is 4.07. The van der Waals surface area contributed by atoms with Crippen molar-refractivity contribution in [2.45, 2.75) is 25.9 Å². The Bertz CT molecular complexity index is 431. The van der Waals surface area contributed by atoms with Gasteiger partial charge in [-0.25, -0.2) is 4.98 Å². The molecule has 1 aliphatic rings. The number of imidazole rings is 1. The highest BCUT2D eigenvalue weighted by atomic mass is 16.2. The number of hydrogen-bond acceptors (Lipinski definition) is 4. The van der Waals surface area contributed by atoms with Gasteiger partial charge in [-0.2, -0.15) is 0 Å². The van der Waals surface area contributed by atoms with Gasteiger partial charge in [0.25, 0.3) is 0 Å². The third-order valence-electron chi connectivity index (χ3n) is 4.10. The van der Waals surface area contributed by atoms with Gasteiger partial charge in [0.15, 0.2) is 0 Å². The lowest BCUT2D eigenvalue weighted by molar-refractivity contribution is -0.135. The second kappa shape index (κ2) is 6.37. The highest BCUT2D eigenvalue weighted by Gasteiger charge is 2.30. The van der Waals surface area contributed by atoms with Crippen LogP contribution in [0.15, 0.2) is 12.4 Å². The number of aromatic amines is 1. The molecule has 1 amide bonds. The van der Waals surface area contributed by atoms with Crippen LogP contribution in [0.2, 0.25) is 0 Å². The van der Waals surface area contributed by atoms with E-state index in [4.69, 9.17) is 0 Å². The molecular weight excluding hydrogens is 254 g/mol. The van der Waals surface area contributed by atoms with Crippen molar-refractivity contribution >= 4 is 5.91 Å². The number of H-pyrrole nitrogens is 1. The van der Waals surface area contributed by atoms with Crippen LogP contribution in [-0.2, 0) is 4.79 Å². The van der Waals surface area contributed by atoms with Gasteiger partial charge in [0, 0.05) is 38.1 Å². The van der Waals surface area contributed by atoms with Gasteiger partial charge in [0.05, 0.1) is 12.6 Å². The number of carbonyl (C=O) groups excluding carboxylic acids is 1. The zero-order valence-electron chi connectivity index (χ0n) is 12.8. The molecule has 2 heterocycles. The number of nitrogens with zero attached hydrogens (tertiary/aromatic N) is 4. The molecule has 0 aromatic carbocycles. The van der Waals surface area contributed by atoms with E-state index < -0.39 is 0 Å². The molecule has 1 aliphatic heterocycles. The standard InChI is InChI=1S/C14H25N5O/c1-11(2)18(4)10-13(20)19-8-7-17(3)12(9-19)14-15-5-6-16-14/h5-6,11-12H,7-10H2,1-4H3,(H,15,16)/t12-/m1/s1. The lowest BCUT2D eigenvalue weighted by Gasteiger charge is -2.39. The topological polar surface area (TPSA) is 55.5 Å². The molecule has 1 fully saturated rings. The molecule has 1 aromatic rings. The van der Waals surface area contributed by atoms with Gasteiger partial charge in [-0.05, 0) is 27.9 Å². The Labute approximate surface area is 120 Å². The molecule has 1 aromatic heterocycles. The largest absolute Gasteiger partial charge is 0.347 e. The molecule has 1 N–H and O–H groups in total. The van der Waals surface area contributed by atoms with E-state index in [1.807, 2.05) is 18.1 Å². The fraction of sp³-hybridized carbons (Fsp3) is 0.714. The van der Waals surface area contributed by atoms with Gasteiger partial charge in [-0.1, -0.05) is 0 Å². The number of rotatable bonds is 4. The Hall–Kier alpha value is -1.40. The summed E-state index contributed by atoms with van der Waals surface area (Å²) in [5.74, 6) is 1.13. The van der Waals surface area contributed by atoms with Crippen molar-refractivity contribution in [3.63, 3.8) is 0 Å². The maximum Gasteiger partial charge on any atom is 0.236 e. The van der Waals surface area contributed by atoms with E-state index in [1.165, 1.54) is 0 Å². The first-order valence-corrected chi connectivity index (χ1v) is 7.16. The Balaban J connectivity index is 1.98. The van der Waals surface area contributed by atoms with Crippen LogP contribution in [0.5, 0.6) is 0 Å². The zero-order valence-corrected chi connectivity index (χ0v) is 12.8. The summed E-state index contributed by atoms with van der Waals surface area (Å²) < 4.78 is 0. The van der Waals surface area contributed by atoms with Crippen molar-refractivity contribution in [1.29, 1.82) is 0 Å². The minimum absolute atomic E-state index is 0.159. The number of likely N-dealkylation sites (N-methyl/N-ethyl adjacent to an activating group) is 2. The summed E-state index contributed by atoms with van der Waals surface area (Å²) in [5.41, 5.74) is 0. The molecule has 6 nitrogen and oxygen atoms in total. The number of piperazine rings is 1. The monoisotopic (exact) mass is 279 g/mol. The second-order valence-electron chi connectivity index (χ2n) is 5.82. The van der Waals surface area contributed by atoms with Crippen molar-refractivity contribution in [3.05, 3.63) is 18.2 Å². The summed E-state index contributed by atoms with van der Waals surface area (Å²) in [6.45, 7) is 7.05. The van der Waals surface area contributed by atoms with Crippen molar-refractivity contribution in [3.8, 4) is 0 Å². The number of amides is 1. The van der Waals surface area contributed by atoms with Crippen LogP contribution < -0.4 is 0 Å². The van der Waals surface area contributed by atoms with E-state index in [0.717, 1.165) is 18.9 Å². The second-order valence-corrected chi connectivity index (χ2v) is 5.82. The zero-order chi connectivity index (χ0) is 14.7. The van der Waals surface area contributed by atoms with Gasteiger partial charge in [0.1, 0.15) is 5.82 Å². The van der Waals surface area contributed by atoms with E-state index in [2.05, 4.69) is 40.7 Å². The molecule has 0 bridgehead atoms. The Morgan fingerprint density at radius 3 is 2.90 bits per heavy atom. The fourth-order valence-electron chi connectivity index (χ4n) is 2.35. The maximum atomic E-state index is 12.4.